The van der Waals surface area contributed by atoms with Gasteiger partial charge in [-0.25, -0.2) is 4.79 Å². The number of aromatic hydroxyl groups is 1. The predicted molar refractivity (Wildman–Crippen MR) is 112 cm³/mol. The van der Waals surface area contributed by atoms with Crippen LogP contribution in [0.4, 0.5) is 0 Å². The molecule has 0 saturated heterocycles. The quantitative estimate of drug-likeness (QED) is 0.733. The predicted octanol–water partition coefficient (Wildman–Crippen LogP) is 4.38. The number of nitrogens with one attached hydrogen (secondary N) is 1. The van der Waals surface area contributed by atoms with Gasteiger partial charge in [-0.3, -0.25) is 4.79 Å². The zero-order valence-electron chi connectivity index (χ0n) is 16.4. The lowest BCUT2D eigenvalue weighted by molar-refractivity contribution is -0.138. The van der Waals surface area contributed by atoms with E-state index in [4.69, 9.17) is 4.74 Å². The molecule has 5 nitrogen and oxygen atoms in total. The smallest absolute Gasteiger partial charge is 0.336 e. The van der Waals surface area contributed by atoms with Gasteiger partial charge in [0.1, 0.15) is 5.75 Å². The SMILES string of the molecule is CCOC(=O)C1=C(C)NC2=C(C(=O)C[C@@H](c3cccs3)C2)[C@@H]1c1cccc(O)c1. The molecular formula is C23H23NO4S. The number of esters is 1. The van der Waals surface area contributed by atoms with Crippen LogP contribution >= 0.6 is 11.3 Å². The number of ether oxygens (including phenoxy) is 1. The number of hydrogen-bond donors (Lipinski definition) is 2. The van der Waals surface area contributed by atoms with Crippen molar-refractivity contribution in [1.29, 1.82) is 0 Å². The lowest BCUT2D eigenvalue weighted by Crippen LogP contribution is -2.36. The maximum atomic E-state index is 13.3. The third kappa shape index (κ3) is 3.60. The minimum absolute atomic E-state index is 0.0276. The Kier molecular flexibility index (Phi) is 5.28. The molecule has 1 aromatic heterocycles. The molecule has 6 heteroatoms. The fraction of sp³-hybridized carbons (Fsp3) is 0.304. The summed E-state index contributed by atoms with van der Waals surface area (Å²) in [6.07, 6.45) is 1.12. The van der Waals surface area contributed by atoms with Crippen LogP contribution in [-0.4, -0.2) is 23.5 Å². The topological polar surface area (TPSA) is 75.6 Å². The summed E-state index contributed by atoms with van der Waals surface area (Å²) in [4.78, 5) is 27.3. The Labute approximate surface area is 173 Å². The zero-order chi connectivity index (χ0) is 20.5. The largest absolute Gasteiger partial charge is 0.508 e. The minimum Gasteiger partial charge on any atom is -0.508 e. The number of dihydropyridines is 1. The second-order valence-electron chi connectivity index (χ2n) is 7.35. The highest BCUT2D eigenvalue weighted by Gasteiger charge is 2.41. The number of carbonyl (C=O) groups is 2. The monoisotopic (exact) mass is 409 g/mol. The Morgan fingerprint density at radius 2 is 2.10 bits per heavy atom. The number of ketones is 1. The Morgan fingerprint density at radius 3 is 2.79 bits per heavy atom. The fourth-order valence-electron chi connectivity index (χ4n) is 4.28. The highest BCUT2D eigenvalue weighted by Crippen LogP contribution is 2.46. The van der Waals surface area contributed by atoms with Gasteiger partial charge >= 0.3 is 5.97 Å². The molecule has 1 aromatic carbocycles. The van der Waals surface area contributed by atoms with Gasteiger partial charge in [0.2, 0.25) is 0 Å². The molecule has 2 N–H and O–H groups in total. The van der Waals surface area contributed by atoms with Crippen molar-refractivity contribution in [1.82, 2.24) is 5.32 Å². The van der Waals surface area contributed by atoms with E-state index < -0.39 is 11.9 Å². The number of carbonyl (C=O) groups excluding carboxylic acids is 2. The maximum Gasteiger partial charge on any atom is 0.336 e. The van der Waals surface area contributed by atoms with E-state index in [9.17, 15) is 14.7 Å². The molecule has 1 aliphatic carbocycles. The van der Waals surface area contributed by atoms with Crippen molar-refractivity contribution in [3.05, 3.63) is 74.8 Å². The van der Waals surface area contributed by atoms with Gasteiger partial charge in [-0.15, -0.1) is 11.3 Å². The summed E-state index contributed by atoms with van der Waals surface area (Å²) in [5, 5.41) is 15.4. The van der Waals surface area contributed by atoms with Gasteiger partial charge in [0.05, 0.1) is 12.2 Å². The van der Waals surface area contributed by atoms with E-state index in [-0.39, 0.29) is 24.1 Å². The standard InChI is InChI=1S/C23H23NO4S/c1-3-28-23(27)20-13(2)24-17-11-15(19-8-5-9-29-19)12-18(26)22(17)21(20)14-6-4-7-16(25)10-14/h4-10,15,21,24-25H,3,11-12H2,1-2H3/t15-,21+/m0/s1. The van der Waals surface area contributed by atoms with Crippen molar-refractivity contribution < 1.29 is 19.4 Å². The lowest BCUT2D eigenvalue weighted by atomic mass is 9.72. The first-order valence-electron chi connectivity index (χ1n) is 9.73. The van der Waals surface area contributed by atoms with Crippen LogP contribution in [0.25, 0.3) is 0 Å². The summed E-state index contributed by atoms with van der Waals surface area (Å²) < 4.78 is 5.30. The van der Waals surface area contributed by atoms with Crippen LogP contribution < -0.4 is 5.32 Å². The summed E-state index contributed by atoms with van der Waals surface area (Å²) in [6, 6.07) is 10.8. The molecule has 2 aliphatic rings. The third-order valence-electron chi connectivity index (χ3n) is 5.47. The molecule has 2 heterocycles. The van der Waals surface area contributed by atoms with Gasteiger partial charge in [-0.1, -0.05) is 18.2 Å². The van der Waals surface area contributed by atoms with E-state index in [1.807, 2.05) is 24.4 Å². The van der Waals surface area contributed by atoms with Gasteiger partial charge in [0, 0.05) is 40.1 Å². The summed E-state index contributed by atoms with van der Waals surface area (Å²) in [6.45, 7) is 3.85. The van der Waals surface area contributed by atoms with Crippen molar-refractivity contribution >= 4 is 23.1 Å². The minimum atomic E-state index is -0.547. The fourth-order valence-corrected chi connectivity index (χ4v) is 5.11. The molecule has 0 saturated carbocycles. The number of Topliss-reactive ketones (excluding diaryl/α,β-unsaturated/α-hetero) is 1. The van der Waals surface area contributed by atoms with E-state index in [1.54, 1.807) is 36.5 Å². The summed E-state index contributed by atoms with van der Waals surface area (Å²) in [5.74, 6) is -0.723. The molecule has 0 fully saturated rings. The molecule has 0 amide bonds. The Morgan fingerprint density at radius 1 is 1.28 bits per heavy atom. The Bertz CT molecular complexity index is 1020. The van der Waals surface area contributed by atoms with E-state index in [0.29, 0.717) is 35.2 Å². The van der Waals surface area contributed by atoms with Crippen LogP contribution in [0.5, 0.6) is 5.75 Å². The highest BCUT2D eigenvalue weighted by atomic mass is 32.1. The van der Waals surface area contributed by atoms with Crippen LogP contribution in [-0.2, 0) is 14.3 Å². The molecule has 150 valence electrons. The van der Waals surface area contributed by atoms with Crippen LogP contribution in [0.2, 0.25) is 0 Å². The number of thiophene rings is 1. The van der Waals surface area contributed by atoms with Crippen molar-refractivity contribution in [2.75, 3.05) is 6.61 Å². The molecule has 2 aromatic rings. The number of rotatable bonds is 4. The number of allylic oxidation sites excluding steroid dienone is 3. The average molecular weight is 410 g/mol. The van der Waals surface area contributed by atoms with Gasteiger partial charge in [-0.05, 0) is 49.4 Å². The van der Waals surface area contributed by atoms with Crippen molar-refractivity contribution in [3.8, 4) is 5.75 Å². The summed E-state index contributed by atoms with van der Waals surface area (Å²) in [7, 11) is 0. The molecule has 4 rings (SSSR count). The van der Waals surface area contributed by atoms with Crippen LogP contribution in [0, 0.1) is 0 Å². The van der Waals surface area contributed by atoms with Crippen LogP contribution in [0.1, 0.15) is 49.0 Å². The molecule has 0 bridgehead atoms. The summed E-state index contributed by atoms with van der Waals surface area (Å²) >= 11 is 1.66. The number of hydrogen-bond acceptors (Lipinski definition) is 6. The van der Waals surface area contributed by atoms with Gasteiger partial charge in [-0.2, -0.15) is 0 Å². The lowest BCUT2D eigenvalue weighted by Gasteiger charge is -2.36. The molecular weight excluding hydrogens is 386 g/mol. The van der Waals surface area contributed by atoms with E-state index in [1.165, 1.54) is 4.88 Å². The van der Waals surface area contributed by atoms with Gasteiger partial charge in [0.25, 0.3) is 0 Å². The number of benzene rings is 1. The first-order chi connectivity index (χ1) is 14.0. The van der Waals surface area contributed by atoms with Crippen LogP contribution in [0.3, 0.4) is 0 Å². The van der Waals surface area contributed by atoms with E-state index >= 15 is 0 Å². The van der Waals surface area contributed by atoms with Crippen molar-refractivity contribution in [3.63, 3.8) is 0 Å². The zero-order valence-corrected chi connectivity index (χ0v) is 17.2. The second kappa shape index (κ2) is 7.87. The molecule has 0 spiro atoms. The third-order valence-corrected chi connectivity index (χ3v) is 6.51. The maximum absolute atomic E-state index is 13.3. The number of phenolic OH excluding ortho intramolecular Hbond substituents is 1. The highest BCUT2D eigenvalue weighted by molar-refractivity contribution is 7.10. The Hall–Kier alpha value is -2.86. The molecule has 1 aliphatic heterocycles. The molecule has 0 radical (unpaired) electrons. The van der Waals surface area contributed by atoms with Crippen molar-refractivity contribution in [2.45, 2.75) is 38.5 Å². The van der Waals surface area contributed by atoms with Crippen LogP contribution in [0.15, 0.2) is 64.3 Å². The Balaban J connectivity index is 1.82. The molecule has 0 unspecified atom stereocenters. The van der Waals surface area contributed by atoms with E-state index in [0.717, 1.165) is 5.70 Å². The molecule has 2 atom stereocenters. The van der Waals surface area contributed by atoms with E-state index in [2.05, 4.69) is 11.4 Å². The van der Waals surface area contributed by atoms with Gasteiger partial charge in [0.15, 0.2) is 5.78 Å². The normalized spacial score (nSPS) is 21.7. The first kappa shape index (κ1) is 19.5. The van der Waals surface area contributed by atoms with Gasteiger partial charge < -0.3 is 15.2 Å². The summed E-state index contributed by atoms with van der Waals surface area (Å²) in [5.41, 5.74) is 3.30. The molecule has 29 heavy (non-hydrogen) atoms. The first-order valence-corrected chi connectivity index (χ1v) is 10.6. The average Bonchev–Trinajstić information content (AvgIpc) is 3.21. The number of phenols is 1. The van der Waals surface area contributed by atoms with Crippen molar-refractivity contribution in [2.24, 2.45) is 0 Å². The second-order valence-corrected chi connectivity index (χ2v) is 8.33.